The lowest BCUT2D eigenvalue weighted by molar-refractivity contribution is 0.0141. The van der Waals surface area contributed by atoms with E-state index in [2.05, 4.69) is 26.1 Å². The maximum absolute atomic E-state index is 9.46. The lowest BCUT2D eigenvalue weighted by Crippen LogP contribution is -2.42. The van der Waals surface area contributed by atoms with Crippen LogP contribution in [0, 0.1) is 5.92 Å². The normalized spacial score (nSPS) is 18.2. The van der Waals surface area contributed by atoms with Gasteiger partial charge < -0.3 is 9.84 Å². The largest absolute Gasteiger partial charge is 0.378 e. The van der Waals surface area contributed by atoms with Crippen LogP contribution in [0.3, 0.4) is 0 Å². The highest BCUT2D eigenvalue weighted by atomic mass is 16.5. The first-order valence-electron chi connectivity index (χ1n) is 5.13. The molecule has 0 aliphatic carbocycles. The Morgan fingerprint density at radius 1 is 1.31 bits per heavy atom. The molecule has 2 N–H and O–H groups in total. The van der Waals surface area contributed by atoms with E-state index in [9.17, 15) is 5.11 Å². The van der Waals surface area contributed by atoms with Crippen molar-refractivity contribution < 1.29 is 9.84 Å². The number of hydrogen-bond acceptors (Lipinski definition) is 3. The van der Waals surface area contributed by atoms with Gasteiger partial charge in [-0.25, -0.2) is 0 Å². The van der Waals surface area contributed by atoms with Gasteiger partial charge in [0.1, 0.15) is 6.23 Å². The van der Waals surface area contributed by atoms with Crippen molar-refractivity contribution >= 4 is 0 Å². The van der Waals surface area contributed by atoms with Crippen molar-refractivity contribution in [3.63, 3.8) is 0 Å². The molecule has 0 heterocycles. The summed E-state index contributed by atoms with van der Waals surface area (Å²) in [6, 6.07) is 0.334. The third-order valence-corrected chi connectivity index (χ3v) is 2.43. The molecule has 0 saturated carbocycles. The standard InChI is InChI=1S/C10H23NO2/c1-5-8(3)9(4)11-10(12)7-13-6-2/h8-12H,5-7H2,1-4H3. The van der Waals surface area contributed by atoms with Crippen LogP contribution in [0.2, 0.25) is 0 Å². The summed E-state index contributed by atoms with van der Waals surface area (Å²) in [6.45, 7) is 9.35. The Balaban J connectivity index is 3.57. The molecule has 0 aromatic rings. The first-order chi connectivity index (χ1) is 6.11. The molecule has 3 heteroatoms. The molecule has 0 amide bonds. The second-order valence-corrected chi connectivity index (χ2v) is 3.52. The third kappa shape index (κ3) is 6.02. The number of aliphatic hydroxyl groups is 1. The van der Waals surface area contributed by atoms with E-state index in [4.69, 9.17) is 4.74 Å². The summed E-state index contributed by atoms with van der Waals surface area (Å²) < 4.78 is 5.10. The van der Waals surface area contributed by atoms with Crippen LogP contribution in [0.25, 0.3) is 0 Å². The second-order valence-electron chi connectivity index (χ2n) is 3.52. The van der Waals surface area contributed by atoms with Crippen molar-refractivity contribution in [2.24, 2.45) is 5.92 Å². The van der Waals surface area contributed by atoms with Crippen LogP contribution in [-0.4, -0.2) is 30.6 Å². The van der Waals surface area contributed by atoms with Crippen LogP contribution in [0.5, 0.6) is 0 Å². The Hall–Kier alpha value is -0.120. The summed E-state index contributed by atoms with van der Waals surface area (Å²) in [7, 11) is 0. The Morgan fingerprint density at radius 2 is 1.92 bits per heavy atom. The molecule has 0 fully saturated rings. The maximum Gasteiger partial charge on any atom is 0.128 e. The predicted molar refractivity (Wildman–Crippen MR) is 54.6 cm³/mol. The molecule has 3 nitrogen and oxygen atoms in total. The zero-order valence-electron chi connectivity index (χ0n) is 9.21. The average Bonchev–Trinajstić information content (AvgIpc) is 2.13. The number of ether oxygens (including phenoxy) is 1. The Morgan fingerprint density at radius 3 is 2.38 bits per heavy atom. The molecule has 0 bridgehead atoms. The Bertz CT molecular complexity index is 119. The lowest BCUT2D eigenvalue weighted by atomic mass is 10.0. The molecule has 0 radical (unpaired) electrons. The number of hydrogen-bond donors (Lipinski definition) is 2. The zero-order valence-corrected chi connectivity index (χ0v) is 9.21. The number of nitrogens with one attached hydrogen (secondary N) is 1. The molecule has 0 aliphatic heterocycles. The minimum Gasteiger partial charge on any atom is -0.378 e. The van der Waals surface area contributed by atoms with Gasteiger partial charge in [0, 0.05) is 12.6 Å². The molecule has 3 unspecified atom stereocenters. The van der Waals surface area contributed by atoms with Gasteiger partial charge in [-0.05, 0) is 19.8 Å². The highest BCUT2D eigenvalue weighted by Gasteiger charge is 2.13. The molecular weight excluding hydrogens is 166 g/mol. The van der Waals surface area contributed by atoms with Gasteiger partial charge in [0.25, 0.3) is 0 Å². The molecule has 3 atom stereocenters. The minimum atomic E-state index is -0.538. The fraction of sp³-hybridized carbons (Fsp3) is 1.00. The van der Waals surface area contributed by atoms with Gasteiger partial charge in [0.2, 0.25) is 0 Å². The Kier molecular flexibility index (Phi) is 7.23. The summed E-state index contributed by atoms with van der Waals surface area (Å²) in [5.74, 6) is 0.580. The van der Waals surface area contributed by atoms with Gasteiger partial charge in [-0.1, -0.05) is 20.3 Å². The van der Waals surface area contributed by atoms with Gasteiger partial charge in [-0.15, -0.1) is 0 Å². The molecule has 0 rings (SSSR count). The van der Waals surface area contributed by atoms with Gasteiger partial charge in [0.05, 0.1) is 6.61 Å². The summed E-state index contributed by atoms with van der Waals surface area (Å²) in [4.78, 5) is 0. The van der Waals surface area contributed by atoms with Crippen LogP contribution < -0.4 is 5.32 Å². The molecule has 0 aromatic heterocycles. The summed E-state index contributed by atoms with van der Waals surface area (Å²) in [5.41, 5.74) is 0. The van der Waals surface area contributed by atoms with Crippen LogP contribution in [0.15, 0.2) is 0 Å². The molecule has 0 spiro atoms. The van der Waals surface area contributed by atoms with Gasteiger partial charge >= 0.3 is 0 Å². The van der Waals surface area contributed by atoms with Crippen LogP contribution in [0.1, 0.15) is 34.1 Å². The van der Waals surface area contributed by atoms with Crippen LogP contribution in [0.4, 0.5) is 0 Å². The van der Waals surface area contributed by atoms with E-state index in [-0.39, 0.29) is 0 Å². The summed E-state index contributed by atoms with van der Waals surface area (Å²) in [5, 5.41) is 12.6. The van der Waals surface area contributed by atoms with E-state index < -0.39 is 6.23 Å². The van der Waals surface area contributed by atoms with Crippen molar-refractivity contribution in [3.05, 3.63) is 0 Å². The van der Waals surface area contributed by atoms with Crippen molar-refractivity contribution in [2.45, 2.75) is 46.4 Å². The van der Waals surface area contributed by atoms with E-state index >= 15 is 0 Å². The van der Waals surface area contributed by atoms with E-state index in [1.54, 1.807) is 0 Å². The molecule has 0 saturated heterocycles. The topological polar surface area (TPSA) is 41.5 Å². The van der Waals surface area contributed by atoms with Gasteiger partial charge in [-0.3, -0.25) is 5.32 Å². The molecule has 0 aromatic carbocycles. The summed E-state index contributed by atoms with van der Waals surface area (Å²) >= 11 is 0. The Labute approximate surface area is 81.5 Å². The van der Waals surface area contributed by atoms with E-state index in [0.717, 1.165) is 6.42 Å². The highest BCUT2D eigenvalue weighted by molar-refractivity contribution is 4.68. The van der Waals surface area contributed by atoms with E-state index in [0.29, 0.717) is 25.2 Å². The van der Waals surface area contributed by atoms with Gasteiger partial charge in [0.15, 0.2) is 0 Å². The van der Waals surface area contributed by atoms with E-state index in [1.165, 1.54) is 0 Å². The first kappa shape index (κ1) is 12.9. The zero-order chi connectivity index (χ0) is 10.3. The lowest BCUT2D eigenvalue weighted by Gasteiger charge is -2.23. The predicted octanol–water partition coefficient (Wildman–Crippen LogP) is 1.37. The van der Waals surface area contributed by atoms with Crippen molar-refractivity contribution in [3.8, 4) is 0 Å². The smallest absolute Gasteiger partial charge is 0.128 e. The molecule has 13 heavy (non-hydrogen) atoms. The van der Waals surface area contributed by atoms with Crippen LogP contribution in [-0.2, 0) is 4.74 Å². The first-order valence-corrected chi connectivity index (χ1v) is 5.13. The quantitative estimate of drug-likeness (QED) is 0.594. The molecule has 80 valence electrons. The third-order valence-electron chi connectivity index (χ3n) is 2.43. The van der Waals surface area contributed by atoms with Crippen molar-refractivity contribution in [1.82, 2.24) is 5.32 Å². The molecule has 0 aliphatic rings. The second kappa shape index (κ2) is 7.30. The van der Waals surface area contributed by atoms with Crippen LogP contribution >= 0.6 is 0 Å². The van der Waals surface area contributed by atoms with Crippen molar-refractivity contribution in [1.29, 1.82) is 0 Å². The maximum atomic E-state index is 9.46. The average molecular weight is 189 g/mol. The van der Waals surface area contributed by atoms with E-state index in [1.807, 2.05) is 6.92 Å². The monoisotopic (exact) mass is 189 g/mol. The number of rotatable bonds is 7. The van der Waals surface area contributed by atoms with Crippen molar-refractivity contribution in [2.75, 3.05) is 13.2 Å². The number of aliphatic hydroxyl groups excluding tert-OH is 1. The fourth-order valence-corrected chi connectivity index (χ4v) is 1.10. The SMILES string of the molecule is CCOCC(O)NC(C)C(C)CC. The molecular formula is C10H23NO2. The fourth-order valence-electron chi connectivity index (χ4n) is 1.10. The minimum absolute atomic E-state index is 0.334. The summed E-state index contributed by atoms with van der Waals surface area (Å²) in [6.07, 6.45) is 0.583. The highest BCUT2D eigenvalue weighted by Crippen LogP contribution is 2.06. The van der Waals surface area contributed by atoms with Gasteiger partial charge in [-0.2, -0.15) is 0 Å².